The molecule has 0 saturated heterocycles. The van der Waals surface area contributed by atoms with Crippen molar-refractivity contribution in [1.29, 1.82) is 0 Å². The van der Waals surface area contributed by atoms with Crippen molar-refractivity contribution >= 4 is 28.8 Å². The summed E-state index contributed by atoms with van der Waals surface area (Å²) in [6.45, 7) is 4.99. The largest absolute Gasteiger partial charge is 0.383 e. The zero-order valence-corrected chi connectivity index (χ0v) is 16.2. The molecule has 7 nitrogen and oxygen atoms in total. The van der Waals surface area contributed by atoms with Crippen LogP contribution in [-0.4, -0.2) is 21.2 Å². The maximum atomic E-state index is 13.0. The van der Waals surface area contributed by atoms with Crippen LogP contribution >= 0.6 is 12.2 Å². The number of thiocarbonyl (C=S) groups is 1. The van der Waals surface area contributed by atoms with E-state index in [2.05, 4.69) is 10.3 Å². The van der Waals surface area contributed by atoms with Crippen LogP contribution in [0.1, 0.15) is 32.3 Å². The van der Waals surface area contributed by atoms with E-state index in [0.717, 1.165) is 18.4 Å². The second-order valence-corrected chi connectivity index (χ2v) is 6.41. The number of aromatic amines is 1. The lowest BCUT2D eigenvalue weighted by Gasteiger charge is -2.26. The molecule has 0 aliphatic heterocycles. The minimum absolute atomic E-state index is 0.0879. The summed E-state index contributed by atoms with van der Waals surface area (Å²) in [6, 6.07) is 6.02. The number of aromatic nitrogens is 2. The molecule has 0 fully saturated rings. The summed E-state index contributed by atoms with van der Waals surface area (Å²) in [6.07, 6.45) is 1.64. The number of nitrogen functional groups attached to an aromatic ring is 1. The Bertz CT molecular complexity index is 907. The zero-order valence-electron chi connectivity index (χ0n) is 15.4. The van der Waals surface area contributed by atoms with E-state index in [1.807, 2.05) is 13.8 Å². The van der Waals surface area contributed by atoms with Crippen LogP contribution in [0.5, 0.6) is 0 Å². The van der Waals surface area contributed by atoms with Crippen LogP contribution in [-0.2, 0) is 13.1 Å². The molecule has 0 bridgehead atoms. The molecule has 0 saturated carbocycles. The topological polar surface area (TPSA) is 96.2 Å². The van der Waals surface area contributed by atoms with E-state index in [-0.39, 0.29) is 17.3 Å². The second kappa shape index (κ2) is 9.31. The molecule has 0 aliphatic rings. The molecule has 1 aromatic heterocycles. The molecule has 0 unspecified atom stereocenters. The number of halogens is 1. The highest BCUT2D eigenvalue weighted by molar-refractivity contribution is 7.80. The fourth-order valence-corrected chi connectivity index (χ4v) is 2.95. The molecule has 0 radical (unpaired) electrons. The number of benzene rings is 1. The third-order valence-electron chi connectivity index (χ3n) is 4.14. The van der Waals surface area contributed by atoms with Crippen LogP contribution in [0.2, 0.25) is 0 Å². The van der Waals surface area contributed by atoms with Crippen LogP contribution in [0.3, 0.4) is 0 Å². The molecule has 0 amide bonds. The molecule has 1 aromatic carbocycles. The van der Waals surface area contributed by atoms with Crippen molar-refractivity contribution in [2.24, 2.45) is 0 Å². The number of hydrogen-bond donors (Lipinski definition) is 3. The monoisotopic (exact) mass is 393 g/mol. The summed E-state index contributed by atoms with van der Waals surface area (Å²) in [4.78, 5) is 28.3. The van der Waals surface area contributed by atoms with Gasteiger partial charge in [0, 0.05) is 19.6 Å². The molecule has 0 atom stereocenters. The van der Waals surface area contributed by atoms with Crippen LogP contribution in [0.25, 0.3) is 0 Å². The van der Waals surface area contributed by atoms with Crippen molar-refractivity contribution in [3.63, 3.8) is 0 Å². The average Bonchev–Trinajstić information content (AvgIpc) is 2.64. The minimum atomic E-state index is -0.585. The Morgan fingerprint density at radius 3 is 2.56 bits per heavy atom. The number of anilines is 2. The highest BCUT2D eigenvalue weighted by Gasteiger charge is 2.20. The predicted octanol–water partition coefficient (Wildman–Crippen LogP) is 1.96. The Labute approximate surface area is 162 Å². The summed E-state index contributed by atoms with van der Waals surface area (Å²) in [5, 5.41) is 3.33. The number of H-pyrrole nitrogens is 1. The Kier molecular flexibility index (Phi) is 7.12. The molecule has 9 heteroatoms. The van der Waals surface area contributed by atoms with Gasteiger partial charge in [-0.3, -0.25) is 14.3 Å². The fourth-order valence-electron chi connectivity index (χ4n) is 2.66. The number of unbranched alkanes of at least 4 members (excludes halogenated alkanes) is 1. The molecule has 0 aliphatic carbocycles. The van der Waals surface area contributed by atoms with Crippen LogP contribution in [0.4, 0.5) is 15.9 Å². The van der Waals surface area contributed by atoms with Gasteiger partial charge in [0.15, 0.2) is 10.8 Å². The van der Waals surface area contributed by atoms with Gasteiger partial charge >= 0.3 is 5.69 Å². The van der Waals surface area contributed by atoms with Gasteiger partial charge in [0.05, 0.1) is 0 Å². The molecule has 0 spiro atoms. The summed E-state index contributed by atoms with van der Waals surface area (Å²) < 4.78 is 14.4. The maximum absolute atomic E-state index is 13.0. The number of nitrogens with zero attached hydrogens (tertiary/aromatic N) is 2. The van der Waals surface area contributed by atoms with E-state index in [1.165, 1.54) is 16.7 Å². The van der Waals surface area contributed by atoms with E-state index >= 15 is 0 Å². The quantitative estimate of drug-likeness (QED) is 0.623. The van der Waals surface area contributed by atoms with Crippen LogP contribution in [0.15, 0.2) is 33.9 Å². The molecule has 146 valence electrons. The lowest BCUT2D eigenvalue weighted by atomic mass is 10.2. The van der Waals surface area contributed by atoms with Gasteiger partial charge in [-0.15, -0.1) is 0 Å². The SMILES string of the molecule is CCCCn1c(N)c(N(CC)C(=S)NCc2ccc(F)cc2)c(=O)[nH]c1=O. The highest BCUT2D eigenvalue weighted by Crippen LogP contribution is 2.17. The Morgan fingerprint density at radius 2 is 1.96 bits per heavy atom. The number of rotatable bonds is 7. The van der Waals surface area contributed by atoms with Gasteiger partial charge in [-0.1, -0.05) is 25.5 Å². The maximum Gasteiger partial charge on any atom is 0.330 e. The zero-order chi connectivity index (χ0) is 20.0. The van der Waals surface area contributed by atoms with Crippen LogP contribution in [0, 0.1) is 5.82 Å². The van der Waals surface area contributed by atoms with Crippen molar-refractivity contribution in [2.45, 2.75) is 39.8 Å². The van der Waals surface area contributed by atoms with Gasteiger partial charge in [0.2, 0.25) is 0 Å². The molecular formula is C18H24FN5O2S. The second-order valence-electron chi connectivity index (χ2n) is 6.03. The van der Waals surface area contributed by atoms with E-state index in [4.69, 9.17) is 18.0 Å². The first-order valence-corrected chi connectivity index (χ1v) is 9.22. The lowest BCUT2D eigenvalue weighted by Crippen LogP contribution is -2.45. The van der Waals surface area contributed by atoms with Crippen molar-refractivity contribution in [3.8, 4) is 0 Å². The molecule has 2 aromatic rings. The molecule has 27 heavy (non-hydrogen) atoms. The smallest absolute Gasteiger partial charge is 0.330 e. The van der Waals surface area contributed by atoms with Gasteiger partial charge in [-0.25, -0.2) is 9.18 Å². The van der Waals surface area contributed by atoms with Gasteiger partial charge < -0.3 is 16.0 Å². The van der Waals surface area contributed by atoms with Gasteiger partial charge in [0.25, 0.3) is 5.56 Å². The molecule has 4 N–H and O–H groups in total. The fraction of sp³-hybridized carbons (Fsp3) is 0.389. The van der Waals surface area contributed by atoms with E-state index < -0.39 is 11.2 Å². The first-order valence-electron chi connectivity index (χ1n) is 8.81. The van der Waals surface area contributed by atoms with Gasteiger partial charge in [0.1, 0.15) is 11.6 Å². The predicted molar refractivity (Wildman–Crippen MR) is 110 cm³/mol. The first kappa shape index (κ1) is 20.6. The van der Waals surface area contributed by atoms with Crippen molar-refractivity contribution in [1.82, 2.24) is 14.9 Å². The van der Waals surface area contributed by atoms with Gasteiger partial charge in [-0.2, -0.15) is 0 Å². The summed E-state index contributed by atoms with van der Waals surface area (Å²) in [5.41, 5.74) is 6.00. The third kappa shape index (κ3) is 4.94. The van der Waals surface area contributed by atoms with Crippen molar-refractivity contribution < 1.29 is 4.39 Å². The van der Waals surface area contributed by atoms with Crippen LogP contribution < -0.4 is 27.2 Å². The van der Waals surface area contributed by atoms with E-state index in [0.29, 0.717) is 24.7 Å². The average molecular weight is 393 g/mol. The number of nitrogens with two attached hydrogens (primary N) is 1. The van der Waals surface area contributed by atoms with E-state index in [1.54, 1.807) is 17.0 Å². The molecule has 1 heterocycles. The standard InChI is InChI=1S/C18H24FN5O2S/c1-3-5-10-24-15(20)14(16(25)22-17(24)26)23(4-2)18(27)21-11-12-6-8-13(19)9-7-12/h6-9H,3-5,10-11,20H2,1-2H3,(H,21,27)(H,22,25,26). The third-order valence-corrected chi connectivity index (χ3v) is 4.50. The summed E-state index contributed by atoms with van der Waals surface area (Å²) in [5.74, 6) is -0.227. The Hall–Kier alpha value is -2.68. The summed E-state index contributed by atoms with van der Waals surface area (Å²) >= 11 is 5.41. The Balaban J connectivity index is 2.27. The van der Waals surface area contributed by atoms with Crippen molar-refractivity contribution in [3.05, 3.63) is 56.5 Å². The highest BCUT2D eigenvalue weighted by atomic mass is 32.1. The normalized spacial score (nSPS) is 10.6. The molecule has 2 rings (SSSR count). The summed E-state index contributed by atoms with van der Waals surface area (Å²) in [7, 11) is 0. The molecular weight excluding hydrogens is 369 g/mol. The Morgan fingerprint density at radius 1 is 1.30 bits per heavy atom. The first-order chi connectivity index (χ1) is 12.9. The van der Waals surface area contributed by atoms with E-state index in [9.17, 15) is 14.0 Å². The van der Waals surface area contributed by atoms with Gasteiger partial charge in [-0.05, 0) is 43.3 Å². The lowest BCUT2D eigenvalue weighted by molar-refractivity contribution is 0.604. The number of nitrogens with one attached hydrogen (secondary N) is 2. The van der Waals surface area contributed by atoms with Crippen molar-refractivity contribution in [2.75, 3.05) is 17.2 Å². The minimum Gasteiger partial charge on any atom is -0.383 e. The number of hydrogen-bond acceptors (Lipinski definition) is 4.